The smallest absolute Gasteiger partial charge is 0.371 e. The predicted molar refractivity (Wildman–Crippen MR) is 95.4 cm³/mol. The second-order valence-electron chi connectivity index (χ2n) is 5.50. The van der Waals surface area contributed by atoms with E-state index in [1.165, 1.54) is 0 Å². The summed E-state index contributed by atoms with van der Waals surface area (Å²) in [7, 11) is 1.63. The number of nitrogens with zero attached hydrogens (tertiary/aromatic N) is 1. The van der Waals surface area contributed by atoms with E-state index in [9.17, 15) is 4.79 Å². The number of carboxylic acids is 1. The first-order valence-electron chi connectivity index (χ1n) is 7.55. The summed E-state index contributed by atoms with van der Waals surface area (Å²) in [6.07, 6.45) is 0. The van der Waals surface area contributed by atoms with E-state index < -0.39 is 5.97 Å². The second kappa shape index (κ2) is 6.18. The van der Waals surface area contributed by atoms with E-state index >= 15 is 0 Å². The number of methoxy groups -OCH3 is 1. The molecule has 0 atom stereocenters. The van der Waals surface area contributed by atoms with Gasteiger partial charge in [0.1, 0.15) is 11.3 Å². The van der Waals surface area contributed by atoms with Crippen molar-refractivity contribution in [2.24, 2.45) is 0 Å². The quantitative estimate of drug-likeness (QED) is 0.519. The summed E-state index contributed by atoms with van der Waals surface area (Å²) < 4.78 is 10.5. The van der Waals surface area contributed by atoms with Gasteiger partial charge in [0, 0.05) is 17.2 Å². The fraction of sp³-hybridized carbons (Fsp3) is 0.111. The number of aromatic amines is 1. The molecule has 0 aliphatic carbocycles. The third-order valence-corrected chi connectivity index (χ3v) is 4.78. The number of carbonyl (C=O) groups is 1. The van der Waals surface area contributed by atoms with Crippen LogP contribution in [0.15, 0.2) is 52.0 Å². The number of carboxylic acid groups (broad SMARTS) is 1. The van der Waals surface area contributed by atoms with Gasteiger partial charge in [-0.05, 0) is 35.9 Å². The first-order chi connectivity index (χ1) is 12.1. The van der Waals surface area contributed by atoms with Crippen LogP contribution in [-0.4, -0.2) is 28.2 Å². The van der Waals surface area contributed by atoms with Gasteiger partial charge in [-0.2, -0.15) is 0 Å². The number of thioether (sulfide) groups is 1. The molecule has 2 heterocycles. The molecule has 2 N–H and O–H groups in total. The predicted octanol–water partition coefficient (Wildman–Crippen LogP) is 4.31. The number of benzene rings is 2. The number of imidazole rings is 1. The molecule has 0 saturated heterocycles. The van der Waals surface area contributed by atoms with Crippen LogP contribution in [0.4, 0.5) is 0 Å². The molecule has 0 radical (unpaired) electrons. The topological polar surface area (TPSA) is 88.3 Å². The summed E-state index contributed by atoms with van der Waals surface area (Å²) >= 11 is 1.58. The van der Waals surface area contributed by atoms with Crippen molar-refractivity contribution in [1.82, 2.24) is 9.97 Å². The minimum Gasteiger partial charge on any atom is -0.497 e. The molecule has 2 aromatic heterocycles. The van der Waals surface area contributed by atoms with Crippen molar-refractivity contribution in [2.75, 3.05) is 7.11 Å². The number of aromatic carboxylic acids is 1. The molecule has 6 nitrogen and oxygen atoms in total. The minimum absolute atomic E-state index is 0.0500. The molecule has 4 rings (SSSR count). The third kappa shape index (κ3) is 3.06. The fourth-order valence-corrected chi connectivity index (χ4v) is 3.43. The number of ether oxygens (including phenoxy) is 1. The summed E-state index contributed by atoms with van der Waals surface area (Å²) in [5.74, 6) is 0.378. The fourth-order valence-electron chi connectivity index (χ4n) is 2.60. The monoisotopic (exact) mass is 354 g/mol. The van der Waals surface area contributed by atoms with Crippen molar-refractivity contribution in [2.45, 2.75) is 10.9 Å². The van der Waals surface area contributed by atoms with Crippen LogP contribution in [0.2, 0.25) is 0 Å². The van der Waals surface area contributed by atoms with Gasteiger partial charge in [0.15, 0.2) is 5.16 Å². The Morgan fingerprint density at radius 1 is 1.28 bits per heavy atom. The summed E-state index contributed by atoms with van der Waals surface area (Å²) in [6, 6.07) is 12.9. The van der Waals surface area contributed by atoms with Crippen molar-refractivity contribution in [3.63, 3.8) is 0 Å². The Morgan fingerprint density at radius 3 is 2.96 bits per heavy atom. The Morgan fingerprint density at radius 2 is 2.16 bits per heavy atom. The van der Waals surface area contributed by atoms with Crippen LogP contribution in [0, 0.1) is 0 Å². The number of rotatable bonds is 5. The lowest BCUT2D eigenvalue weighted by molar-refractivity contribution is 0.0665. The molecule has 0 saturated carbocycles. The van der Waals surface area contributed by atoms with Gasteiger partial charge in [0.25, 0.3) is 0 Å². The Hall–Kier alpha value is -2.93. The lowest BCUT2D eigenvalue weighted by Crippen LogP contribution is -1.91. The van der Waals surface area contributed by atoms with E-state index in [-0.39, 0.29) is 5.76 Å². The molecule has 0 amide bonds. The van der Waals surface area contributed by atoms with Crippen molar-refractivity contribution in [3.8, 4) is 5.75 Å². The molecule has 7 heteroatoms. The highest BCUT2D eigenvalue weighted by Crippen LogP contribution is 2.27. The van der Waals surface area contributed by atoms with Crippen molar-refractivity contribution >= 4 is 39.7 Å². The highest BCUT2D eigenvalue weighted by molar-refractivity contribution is 7.98. The number of fused-ring (bicyclic) bond motifs is 2. The lowest BCUT2D eigenvalue weighted by Gasteiger charge is -1.99. The largest absolute Gasteiger partial charge is 0.497 e. The van der Waals surface area contributed by atoms with Crippen LogP contribution in [0.25, 0.3) is 22.0 Å². The van der Waals surface area contributed by atoms with Crippen LogP contribution in [0.1, 0.15) is 16.1 Å². The van der Waals surface area contributed by atoms with Gasteiger partial charge in [0.05, 0.1) is 18.1 Å². The summed E-state index contributed by atoms with van der Waals surface area (Å²) in [5, 5.41) is 10.6. The normalized spacial score (nSPS) is 11.2. The van der Waals surface area contributed by atoms with E-state index in [1.54, 1.807) is 31.0 Å². The molecule has 0 aliphatic rings. The average Bonchev–Trinajstić information content (AvgIpc) is 3.22. The van der Waals surface area contributed by atoms with Crippen LogP contribution in [0.5, 0.6) is 5.75 Å². The van der Waals surface area contributed by atoms with Crippen LogP contribution in [-0.2, 0) is 5.75 Å². The Bertz CT molecular complexity index is 1080. The van der Waals surface area contributed by atoms with E-state index in [2.05, 4.69) is 9.97 Å². The molecule has 25 heavy (non-hydrogen) atoms. The standard InChI is InChI=1S/C18H14N2O4S/c1-23-12-3-4-13-14(8-12)20-18(19-13)25-9-10-2-5-15-11(6-10)7-16(24-15)17(21)22/h2-8H,9H2,1H3,(H,19,20)(H,21,22). The Balaban J connectivity index is 1.54. The van der Waals surface area contributed by atoms with Crippen LogP contribution >= 0.6 is 11.8 Å². The van der Waals surface area contributed by atoms with Gasteiger partial charge < -0.3 is 19.2 Å². The number of H-pyrrole nitrogens is 1. The van der Waals surface area contributed by atoms with Gasteiger partial charge in [-0.1, -0.05) is 17.8 Å². The maximum Gasteiger partial charge on any atom is 0.371 e. The minimum atomic E-state index is -1.06. The highest BCUT2D eigenvalue weighted by Gasteiger charge is 2.11. The molecule has 0 unspecified atom stereocenters. The van der Waals surface area contributed by atoms with Crippen LogP contribution in [0.3, 0.4) is 0 Å². The lowest BCUT2D eigenvalue weighted by atomic mass is 10.2. The number of hydrogen-bond donors (Lipinski definition) is 2. The molecule has 0 fully saturated rings. The van der Waals surface area contributed by atoms with Crippen LogP contribution < -0.4 is 4.74 Å². The van der Waals surface area contributed by atoms with E-state index in [4.69, 9.17) is 14.3 Å². The Labute approximate surface area is 146 Å². The van der Waals surface area contributed by atoms with Gasteiger partial charge in [0.2, 0.25) is 5.76 Å². The molecular formula is C18H14N2O4S. The number of aromatic nitrogens is 2. The molecule has 0 bridgehead atoms. The number of nitrogens with one attached hydrogen (secondary N) is 1. The number of furan rings is 1. The number of hydrogen-bond acceptors (Lipinski definition) is 5. The summed E-state index contributed by atoms with van der Waals surface area (Å²) in [5.41, 5.74) is 3.45. The molecule has 0 aliphatic heterocycles. The second-order valence-corrected chi connectivity index (χ2v) is 6.47. The van der Waals surface area contributed by atoms with E-state index in [0.29, 0.717) is 11.3 Å². The average molecular weight is 354 g/mol. The summed E-state index contributed by atoms with van der Waals surface area (Å²) in [6.45, 7) is 0. The van der Waals surface area contributed by atoms with Crippen molar-refractivity contribution in [3.05, 3.63) is 53.8 Å². The first-order valence-corrected chi connectivity index (χ1v) is 8.53. The SMILES string of the molecule is COc1ccc2nc(SCc3ccc4oc(C(=O)O)cc4c3)[nH]c2c1. The van der Waals surface area contributed by atoms with E-state index in [0.717, 1.165) is 32.9 Å². The Kier molecular flexibility index (Phi) is 3.85. The molecule has 126 valence electrons. The molecule has 4 aromatic rings. The first kappa shape index (κ1) is 15.6. The van der Waals surface area contributed by atoms with Crippen molar-refractivity contribution in [1.29, 1.82) is 0 Å². The maximum atomic E-state index is 11.0. The van der Waals surface area contributed by atoms with Crippen molar-refractivity contribution < 1.29 is 19.1 Å². The highest BCUT2D eigenvalue weighted by atomic mass is 32.2. The zero-order chi connectivity index (χ0) is 17.4. The van der Waals surface area contributed by atoms with Gasteiger partial charge in [-0.15, -0.1) is 0 Å². The molecule has 0 spiro atoms. The maximum absolute atomic E-state index is 11.0. The van der Waals surface area contributed by atoms with E-state index in [1.807, 2.05) is 30.3 Å². The summed E-state index contributed by atoms with van der Waals surface area (Å²) in [4.78, 5) is 18.8. The van der Waals surface area contributed by atoms with Gasteiger partial charge in [-0.25, -0.2) is 9.78 Å². The van der Waals surface area contributed by atoms with Gasteiger partial charge in [-0.3, -0.25) is 0 Å². The third-order valence-electron chi connectivity index (χ3n) is 3.83. The van der Waals surface area contributed by atoms with Gasteiger partial charge >= 0.3 is 5.97 Å². The molecule has 2 aromatic carbocycles. The zero-order valence-corrected chi connectivity index (χ0v) is 14.1. The zero-order valence-electron chi connectivity index (χ0n) is 13.3. The molecular weight excluding hydrogens is 340 g/mol.